The highest BCUT2D eigenvalue weighted by molar-refractivity contribution is 5.30. The highest BCUT2D eigenvalue weighted by Gasteiger charge is 2.19. The van der Waals surface area contributed by atoms with E-state index in [2.05, 4.69) is 11.8 Å². The lowest BCUT2D eigenvalue weighted by atomic mass is 9.99. The largest absolute Gasteiger partial charge is 0.380 e. The van der Waals surface area contributed by atoms with Gasteiger partial charge in [0.05, 0.1) is 6.61 Å². The molecule has 0 aliphatic heterocycles. The molecule has 0 spiro atoms. The minimum atomic E-state index is -0.200. The van der Waals surface area contributed by atoms with Crippen LogP contribution in [0.2, 0.25) is 0 Å². The molecule has 0 bridgehead atoms. The summed E-state index contributed by atoms with van der Waals surface area (Å²) in [6, 6.07) is 5.02. The molecule has 0 aliphatic rings. The average molecular weight is 268 g/mol. The normalized spacial score (nSPS) is 12.9. The number of halogens is 1. The van der Waals surface area contributed by atoms with Crippen LogP contribution < -0.4 is 5.73 Å². The number of nitrogens with two attached hydrogens (primary N) is 1. The van der Waals surface area contributed by atoms with Crippen LogP contribution in [-0.4, -0.2) is 37.7 Å². The summed E-state index contributed by atoms with van der Waals surface area (Å²) in [5.74, 6) is -0.200. The Labute approximate surface area is 115 Å². The predicted octanol–water partition coefficient (Wildman–Crippen LogP) is 2.49. The van der Waals surface area contributed by atoms with Crippen molar-refractivity contribution in [1.82, 2.24) is 4.90 Å². The lowest BCUT2D eigenvalue weighted by molar-refractivity contribution is 0.0979. The van der Waals surface area contributed by atoms with Gasteiger partial charge >= 0.3 is 0 Å². The summed E-state index contributed by atoms with van der Waals surface area (Å²) >= 11 is 0. The van der Waals surface area contributed by atoms with E-state index in [1.807, 2.05) is 19.9 Å². The zero-order chi connectivity index (χ0) is 14.3. The Bertz CT molecular complexity index is 384. The summed E-state index contributed by atoms with van der Waals surface area (Å²) < 4.78 is 18.6. The molecule has 0 heterocycles. The first-order chi connectivity index (χ1) is 9.13. The van der Waals surface area contributed by atoms with Crippen LogP contribution >= 0.6 is 0 Å². The fourth-order valence-corrected chi connectivity index (χ4v) is 2.35. The Morgan fingerprint density at radius 2 is 2.11 bits per heavy atom. The summed E-state index contributed by atoms with van der Waals surface area (Å²) in [5.41, 5.74) is 7.96. The molecule has 4 heteroatoms. The highest BCUT2D eigenvalue weighted by Crippen LogP contribution is 2.23. The molecule has 0 radical (unpaired) electrons. The maximum absolute atomic E-state index is 13.2. The second-order valence-electron chi connectivity index (χ2n) is 4.58. The molecule has 0 aliphatic carbocycles. The smallest absolute Gasteiger partial charge is 0.123 e. The number of benzene rings is 1. The predicted molar refractivity (Wildman–Crippen MR) is 76.7 cm³/mol. The first kappa shape index (κ1) is 16.1. The molecule has 1 rings (SSSR count). The Hall–Kier alpha value is -0.970. The van der Waals surface area contributed by atoms with Gasteiger partial charge in [0.1, 0.15) is 5.82 Å². The monoisotopic (exact) mass is 268 g/mol. The van der Waals surface area contributed by atoms with E-state index in [1.54, 1.807) is 6.07 Å². The van der Waals surface area contributed by atoms with Crippen molar-refractivity contribution in [3.63, 3.8) is 0 Å². The third-order valence-corrected chi connectivity index (χ3v) is 3.39. The minimum absolute atomic E-state index is 0.117. The molecule has 0 aromatic heterocycles. The van der Waals surface area contributed by atoms with Gasteiger partial charge in [0, 0.05) is 25.7 Å². The second-order valence-corrected chi connectivity index (χ2v) is 4.58. The number of aryl methyl sites for hydroxylation is 1. The summed E-state index contributed by atoms with van der Waals surface area (Å²) in [6.07, 6.45) is 0. The Morgan fingerprint density at radius 1 is 1.37 bits per heavy atom. The quantitative estimate of drug-likeness (QED) is 0.736. The van der Waals surface area contributed by atoms with Gasteiger partial charge in [0.25, 0.3) is 0 Å². The van der Waals surface area contributed by atoms with Crippen LogP contribution in [0.1, 0.15) is 31.0 Å². The molecule has 1 aromatic carbocycles. The maximum atomic E-state index is 13.2. The van der Waals surface area contributed by atoms with Crippen molar-refractivity contribution >= 4 is 0 Å². The molecule has 0 fully saturated rings. The van der Waals surface area contributed by atoms with Crippen molar-refractivity contribution in [3.8, 4) is 0 Å². The topological polar surface area (TPSA) is 38.5 Å². The first-order valence-electron chi connectivity index (χ1n) is 6.91. The van der Waals surface area contributed by atoms with Crippen LogP contribution in [0, 0.1) is 12.7 Å². The van der Waals surface area contributed by atoms with Gasteiger partial charge in [-0.15, -0.1) is 0 Å². The lowest BCUT2D eigenvalue weighted by Crippen LogP contribution is -2.36. The van der Waals surface area contributed by atoms with Crippen LogP contribution in [0.4, 0.5) is 4.39 Å². The third-order valence-electron chi connectivity index (χ3n) is 3.39. The molecule has 0 saturated heterocycles. The summed E-state index contributed by atoms with van der Waals surface area (Å²) in [5, 5.41) is 0. The maximum Gasteiger partial charge on any atom is 0.123 e. The van der Waals surface area contributed by atoms with Crippen molar-refractivity contribution in [2.75, 3.05) is 32.8 Å². The van der Waals surface area contributed by atoms with Gasteiger partial charge < -0.3 is 10.5 Å². The van der Waals surface area contributed by atoms with Crippen LogP contribution in [0.15, 0.2) is 18.2 Å². The molecule has 3 nitrogen and oxygen atoms in total. The molecular weight excluding hydrogens is 243 g/mol. The fraction of sp³-hybridized carbons (Fsp3) is 0.600. The summed E-state index contributed by atoms with van der Waals surface area (Å²) in [4.78, 5) is 2.27. The van der Waals surface area contributed by atoms with Crippen molar-refractivity contribution in [2.24, 2.45) is 5.73 Å². The molecule has 2 N–H and O–H groups in total. The van der Waals surface area contributed by atoms with Crippen molar-refractivity contribution in [1.29, 1.82) is 0 Å². The van der Waals surface area contributed by atoms with Crippen LogP contribution in [0.5, 0.6) is 0 Å². The number of hydrogen-bond donors (Lipinski definition) is 1. The number of ether oxygens (including phenoxy) is 1. The van der Waals surface area contributed by atoms with Gasteiger partial charge in [0.15, 0.2) is 0 Å². The number of hydrogen-bond acceptors (Lipinski definition) is 3. The Balaban J connectivity index is 2.84. The van der Waals surface area contributed by atoms with Crippen molar-refractivity contribution in [3.05, 3.63) is 35.1 Å². The van der Waals surface area contributed by atoms with Crippen molar-refractivity contribution in [2.45, 2.75) is 26.8 Å². The third kappa shape index (κ3) is 4.56. The SMILES string of the molecule is CCOCCN(CC)C(CN)c1ccc(F)cc1C. The van der Waals surface area contributed by atoms with E-state index in [0.29, 0.717) is 13.2 Å². The fourth-order valence-electron chi connectivity index (χ4n) is 2.35. The van der Waals surface area contributed by atoms with E-state index >= 15 is 0 Å². The molecule has 108 valence electrons. The summed E-state index contributed by atoms with van der Waals surface area (Å²) in [6.45, 7) is 9.69. The molecule has 0 saturated carbocycles. The van der Waals surface area contributed by atoms with Gasteiger partial charge in [-0.1, -0.05) is 13.0 Å². The number of likely N-dealkylation sites (N-methyl/N-ethyl adjacent to an activating group) is 1. The Kier molecular flexibility index (Phi) is 6.99. The number of rotatable bonds is 8. The first-order valence-corrected chi connectivity index (χ1v) is 6.91. The molecule has 1 atom stereocenters. The highest BCUT2D eigenvalue weighted by atomic mass is 19.1. The molecule has 0 amide bonds. The molecule has 1 unspecified atom stereocenters. The molecule has 1 aromatic rings. The Morgan fingerprint density at radius 3 is 2.63 bits per heavy atom. The van der Waals surface area contributed by atoms with Crippen LogP contribution in [0.3, 0.4) is 0 Å². The van der Waals surface area contributed by atoms with Crippen molar-refractivity contribution < 1.29 is 9.13 Å². The van der Waals surface area contributed by atoms with Gasteiger partial charge in [-0.3, -0.25) is 4.90 Å². The molecular formula is C15H25FN2O. The second kappa shape index (κ2) is 8.25. The summed E-state index contributed by atoms with van der Waals surface area (Å²) in [7, 11) is 0. The van der Waals surface area contributed by atoms with Gasteiger partial charge in [-0.2, -0.15) is 0 Å². The van der Waals surface area contributed by atoms with Gasteiger partial charge in [0.2, 0.25) is 0 Å². The van der Waals surface area contributed by atoms with Crippen LogP contribution in [0.25, 0.3) is 0 Å². The average Bonchev–Trinajstić information content (AvgIpc) is 2.39. The zero-order valence-corrected chi connectivity index (χ0v) is 12.2. The van der Waals surface area contributed by atoms with E-state index in [4.69, 9.17) is 10.5 Å². The number of nitrogens with zero attached hydrogens (tertiary/aromatic N) is 1. The standard InChI is InChI=1S/C15H25FN2O/c1-4-18(8-9-19-5-2)15(11-17)14-7-6-13(16)10-12(14)3/h6-7,10,15H,4-5,8-9,11,17H2,1-3H3. The molecule has 19 heavy (non-hydrogen) atoms. The van der Waals surface area contributed by atoms with E-state index in [9.17, 15) is 4.39 Å². The zero-order valence-electron chi connectivity index (χ0n) is 12.2. The lowest BCUT2D eigenvalue weighted by Gasteiger charge is -2.31. The van der Waals surface area contributed by atoms with E-state index < -0.39 is 0 Å². The van der Waals surface area contributed by atoms with Crippen LogP contribution in [-0.2, 0) is 4.74 Å². The van der Waals surface area contributed by atoms with Gasteiger partial charge in [-0.05, 0) is 43.7 Å². The minimum Gasteiger partial charge on any atom is -0.380 e. The van der Waals surface area contributed by atoms with E-state index in [1.165, 1.54) is 6.07 Å². The van der Waals surface area contributed by atoms with E-state index in [-0.39, 0.29) is 11.9 Å². The van der Waals surface area contributed by atoms with Gasteiger partial charge in [-0.25, -0.2) is 4.39 Å². The van der Waals surface area contributed by atoms with E-state index in [0.717, 1.165) is 30.8 Å².